The first-order valence-electron chi connectivity index (χ1n) is 5.30. The number of amidine groups is 1. The molecule has 3 N–H and O–H groups in total. The van der Waals surface area contributed by atoms with Crippen LogP contribution in [0, 0.1) is 12.3 Å². The third-order valence-electron chi connectivity index (χ3n) is 2.55. The zero-order valence-electron chi connectivity index (χ0n) is 9.67. The number of nitrogen functional groups attached to an aromatic ring is 1. The SMILES string of the molecule is CCN(CC)c1cc(C)ccc1C(=N)N. The van der Waals surface area contributed by atoms with Crippen LogP contribution in [0.3, 0.4) is 0 Å². The Morgan fingerprint density at radius 3 is 2.40 bits per heavy atom. The smallest absolute Gasteiger partial charge is 0.124 e. The summed E-state index contributed by atoms with van der Waals surface area (Å²) in [4.78, 5) is 2.21. The number of hydrogen-bond donors (Lipinski definition) is 2. The molecule has 0 bridgehead atoms. The van der Waals surface area contributed by atoms with E-state index in [9.17, 15) is 0 Å². The largest absolute Gasteiger partial charge is 0.384 e. The van der Waals surface area contributed by atoms with Crippen molar-refractivity contribution in [2.24, 2.45) is 5.73 Å². The van der Waals surface area contributed by atoms with Crippen LogP contribution in [0.1, 0.15) is 25.0 Å². The fourth-order valence-corrected chi connectivity index (χ4v) is 1.70. The van der Waals surface area contributed by atoms with Crippen LogP contribution < -0.4 is 10.6 Å². The second-order valence-corrected chi connectivity index (χ2v) is 3.61. The van der Waals surface area contributed by atoms with Crippen LogP contribution in [-0.4, -0.2) is 18.9 Å². The molecular formula is C12H19N3. The summed E-state index contributed by atoms with van der Waals surface area (Å²) in [6, 6.07) is 6.00. The van der Waals surface area contributed by atoms with Gasteiger partial charge in [0.2, 0.25) is 0 Å². The Kier molecular flexibility index (Phi) is 3.72. The molecule has 1 rings (SSSR count). The molecule has 0 atom stereocenters. The molecule has 0 radical (unpaired) electrons. The molecule has 0 aliphatic rings. The van der Waals surface area contributed by atoms with Crippen molar-refractivity contribution in [3.8, 4) is 0 Å². The van der Waals surface area contributed by atoms with E-state index in [1.807, 2.05) is 12.1 Å². The summed E-state index contributed by atoms with van der Waals surface area (Å²) in [5.74, 6) is 0.136. The Hall–Kier alpha value is -1.51. The minimum Gasteiger partial charge on any atom is -0.384 e. The van der Waals surface area contributed by atoms with E-state index < -0.39 is 0 Å². The standard InChI is InChI=1S/C12H19N3/c1-4-15(5-2)11-8-9(3)6-7-10(11)12(13)14/h6-8H,4-5H2,1-3H3,(H3,13,14). The highest BCUT2D eigenvalue weighted by atomic mass is 15.1. The summed E-state index contributed by atoms with van der Waals surface area (Å²) in [5.41, 5.74) is 8.65. The predicted molar refractivity (Wildman–Crippen MR) is 65.8 cm³/mol. The van der Waals surface area contributed by atoms with E-state index in [4.69, 9.17) is 11.1 Å². The van der Waals surface area contributed by atoms with Crippen molar-refractivity contribution >= 4 is 11.5 Å². The van der Waals surface area contributed by atoms with E-state index in [2.05, 4.69) is 31.7 Å². The van der Waals surface area contributed by atoms with E-state index in [1.54, 1.807) is 0 Å². The van der Waals surface area contributed by atoms with Crippen molar-refractivity contribution < 1.29 is 0 Å². The van der Waals surface area contributed by atoms with Gasteiger partial charge in [-0.1, -0.05) is 6.07 Å². The summed E-state index contributed by atoms with van der Waals surface area (Å²) in [6.07, 6.45) is 0. The molecule has 0 aliphatic carbocycles. The fourth-order valence-electron chi connectivity index (χ4n) is 1.70. The average molecular weight is 205 g/mol. The second-order valence-electron chi connectivity index (χ2n) is 3.61. The lowest BCUT2D eigenvalue weighted by Crippen LogP contribution is -2.25. The average Bonchev–Trinajstić information content (AvgIpc) is 2.19. The maximum atomic E-state index is 7.54. The van der Waals surface area contributed by atoms with Crippen molar-refractivity contribution in [2.75, 3.05) is 18.0 Å². The van der Waals surface area contributed by atoms with Gasteiger partial charge in [-0.3, -0.25) is 5.41 Å². The van der Waals surface area contributed by atoms with Crippen molar-refractivity contribution in [2.45, 2.75) is 20.8 Å². The number of anilines is 1. The molecule has 0 saturated heterocycles. The summed E-state index contributed by atoms with van der Waals surface area (Å²) >= 11 is 0. The van der Waals surface area contributed by atoms with Gasteiger partial charge in [-0.05, 0) is 38.5 Å². The first-order valence-corrected chi connectivity index (χ1v) is 5.30. The van der Waals surface area contributed by atoms with E-state index in [0.29, 0.717) is 0 Å². The van der Waals surface area contributed by atoms with Gasteiger partial charge in [-0.15, -0.1) is 0 Å². The second kappa shape index (κ2) is 4.82. The Balaban J connectivity index is 3.22. The zero-order chi connectivity index (χ0) is 11.4. The zero-order valence-corrected chi connectivity index (χ0v) is 9.67. The normalized spacial score (nSPS) is 10.1. The molecule has 0 fully saturated rings. The van der Waals surface area contributed by atoms with Crippen LogP contribution in [0.2, 0.25) is 0 Å². The molecule has 0 aromatic heterocycles. The molecular weight excluding hydrogens is 186 g/mol. The van der Waals surface area contributed by atoms with Crippen LogP contribution in [0.5, 0.6) is 0 Å². The van der Waals surface area contributed by atoms with E-state index in [-0.39, 0.29) is 5.84 Å². The van der Waals surface area contributed by atoms with Crippen LogP contribution in [-0.2, 0) is 0 Å². The van der Waals surface area contributed by atoms with Gasteiger partial charge in [0.1, 0.15) is 5.84 Å². The van der Waals surface area contributed by atoms with Crippen molar-refractivity contribution in [1.29, 1.82) is 5.41 Å². The Labute approximate surface area is 91.4 Å². The summed E-state index contributed by atoms with van der Waals surface area (Å²) in [7, 11) is 0. The maximum absolute atomic E-state index is 7.54. The van der Waals surface area contributed by atoms with Crippen molar-refractivity contribution in [3.63, 3.8) is 0 Å². The first-order chi connectivity index (χ1) is 7.10. The van der Waals surface area contributed by atoms with Gasteiger partial charge < -0.3 is 10.6 Å². The van der Waals surface area contributed by atoms with Gasteiger partial charge in [0.15, 0.2) is 0 Å². The highest BCUT2D eigenvalue weighted by Gasteiger charge is 2.10. The minimum absolute atomic E-state index is 0.136. The summed E-state index contributed by atoms with van der Waals surface area (Å²) in [5, 5.41) is 7.54. The van der Waals surface area contributed by atoms with Gasteiger partial charge >= 0.3 is 0 Å². The maximum Gasteiger partial charge on any atom is 0.124 e. The topological polar surface area (TPSA) is 53.1 Å². The van der Waals surface area contributed by atoms with E-state index in [0.717, 1.165) is 24.3 Å². The highest BCUT2D eigenvalue weighted by Crippen LogP contribution is 2.21. The number of rotatable bonds is 4. The summed E-state index contributed by atoms with van der Waals surface area (Å²) < 4.78 is 0. The van der Waals surface area contributed by atoms with Gasteiger partial charge in [-0.2, -0.15) is 0 Å². The van der Waals surface area contributed by atoms with Crippen LogP contribution in [0.15, 0.2) is 18.2 Å². The van der Waals surface area contributed by atoms with Crippen LogP contribution >= 0.6 is 0 Å². The van der Waals surface area contributed by atoms with E-state index >= 15 is 0 Å². The van der Waals surface area contributed by atoms with Crippen molar-refractivity contribution in [3.05, 3.63) is 29.3 Å². The number of aryl methyl sites for hydroxylation is 1. The van der Waals surface area contributed by atoms with Gasteiger partial charge in [0.05, 0.1) is 0 Å². The number of nitrogens with zero attached hydrogens (tertiary/aromatic N) is 1. The molecule has 0 aliphatic heterocycles. The lowest BCUT2D eigenvalue weighted by Gasteiger charge is -2.24. The number of nitrogens with two attached hydrogens (primary N) is 1. The quantitative estimate of drug-likeness (QED) is 0.584. The lowest BCUT2D eigenvalue weighted by atomic mass is 10.1. The Morgan fingerprint density at radius 2 is 1.93 bits per heavy atom. The molecule has 0 amide bonds. The summed E-state index contributed by atoms with van der Waals surface area (Å²) in [6.45, 7) is 8.13. The van der Waals surface area contributed by atoms with Crippen LogP contribution in [0.4, 0.5) is 5.69 Å². The molecule has 3 heteroatoms. The van der Waals surface area contributed by atoms with Gasteiger partial charge in [0.25, 0.3) is 0 Å². The van der Waals surface area contributed by atoms with Crippen LogP contribution in [0.25, 0.3) is 0 Å². The van der Waals surface area contributed by atoms with Gasteiger partial charge in [-0.25, -0.2) is 0 Å². The third-order valence-corrected chi connectivity index (χ3v) is 2.55. The minimum atomic E-state index is 0.136. The third kappa shape index (κ3) is 2.49. The molecule has 0 heterocycles. The molecule has 3 nitrogen and oxygen atoms in total. The highest BCUT2D eigenvalue weighted by molar-refractivity contribution is 6.00. The molecule has 0 unspecified atom stereocenters. The molecule has 82 valence electrons. The lowest BCUT2D eigenvalue weighted by molar-refractivity contribution is 0.864. The fraction of sp³-hybridized carbons (Fsp3) is 0.417. The Bertz CT molecular complexity index is 354. The number of hydrogen-bond acceptors (Lipinski definition) is 2. The van der Waals surface area contributed by atoms with E-state index in [1.165, 1.54) is 5.56 Å². The number of nitrogens with one attached hydrogen (secondary N) is 1. The number of benzene rings is 1. The predicted octanol–water partition coefficient (Wildman–Crippen LogP) is 2.13. The molecule has 1 aromatic carbocycles. The molecule has 0 saturated carbocycles. The molecule has 1 aromatic rings. The van der Waals surface area contributed by atoms with Crippen molar-refractivity contribution in [1.82, 2.24) is 0 Å². The molecule has 15 heavy (non-hydrogen) atoms. The van der Waals surface area contributed by atoms with Gasteiger partial charge in [0, 0.05) is 24.3 Å². The Morgan fingerprint density at radius 1 is 1.33 bits per heavy atom. The molecule has 0 spiro atoms. The monoisotopic (exact) mass is 205 g/mol. The first kappa shape index (κ1) is 11.6.